The van der Waals surface area contributed by atoms with E-state index in [1.165, 1.54) is 32.2 Å². The van der Waals surface area contributed by atoms with Crippen LogP contribution in [0, 0.1) is 24.4 Å². The fourth-order valence-electron chi connectivity index (χ4n) is 3.35. The molecule has 0 aliphatic heterocycles. The number of anilines is 3. The molecule has 0 spiro atoms. The van der Waals surface area contributed by atoms with Crippen LogP contribution in [-0.4, -0.2) is 27.2 Å². The van der Waals surface area contributed by atoms with E-state index in [2.05, 4.69) is 20.4 Å². The van der Waals surface area contributed by atoms with E-state index in [1.54, 1.807) is 25.1 Å². The van der Waals surface area contributed by atoms with E-state index in [0.717, 1.165) is 11.6 Å². The minimum Gasteiger partial charge on any atom is -0.351 e. The second-order valence-electron chi connectivity index (χ2n) is 7.79. The average molecular weight is 542 g/mol. The number of hydrogen-bond acceptors (Lipinski definition) is 5. The van der Waals surface area contributed by atoms with E-state index < -0.39 is 45.5 Å². The molecule has 3 aromatic carbocycles. The first-order valence-corrected chi connectivity index (χ1v) is 12.7. The lowest BCUT2D eigenvalue weighted by molar-refractivity contribution is 0.0538. The smallest absolute Gasteiger partial charge is 0.277 e. The number of carbonyl (C=O) groups excluding carboxylic acids is 1. The summed E-state index contributed by atoms with van der Waals surface area (Å²) in [4.78, 5) is 17.3. The first kappa shape index (κ1) is 27.3. The normalized spacial score (nSPS) is 11.3. The molecule has 0 saturated carbocycles. The third kappa shape index (κ3) is 6.10. The van der Waals surface area contributed by atoms with Crippen molar-refractivity contribution in [3.63, 3.8) is 0 Å². The number of hydrogen-bond donors (Lipinski definition) is 3. The van der Waals surface area contributed by atoms with Crippen molar-refractivity contribution in [3.8, 4) is 0 Å². The highest BCUT2D eigenvalue weighted by Crippen LogP contribution is 2.33. The molecule has 0 aliphatic carbocycles. The van der Waals surface area contributed by atoms with Crippen LogP contribution < -0.4 is 15.5 Å². The molecule has 0 aromatic heterocycles. The van der Waals surface area contributed by atoms with Crippen LogP contribution in [0.3, 0.4) is 0 Å². The monoisotopic (exact) mass is 541 g/mol. The van der Waals surface area contributed by atoms with Crippen molar-refractivity contribution in [1.82, 2.24) is 5.48 Å². The molecule has 0 aliphatic rings. The van der Waals surface area contributed by atoms with Crippen LogP contribution in [0.25, 0.3) is 0 Å². The molecule has 3 aromatic rings. The molecule has 192 valence electrons. The van der Waals surface area contributed by atoms with E-state index in [4.69, 9.17) is 11.6 Å². The summed E-state index contributed by atoms with van der Waals surface area (Å²) in [6.45, 7) is 3.18. The molecule has 36 heavy (non-hydrogen) atoms. The van der Waals surface area contributed by atoms with Gasteiger partial charge in [0, 0.05) is 6.42 Å². The number of halogens is 4. The molecule has 0 bridgehead atoms. The van der Waals surface area contributed by atoms with E-state index in [9.17, 15) is 13.2 Å². The van der Waals surface area contributed by atoms with Gasteiger partial charge in [0.15, 0.2) is 17.5 Å². The summed E-state index contributed by atoms with van der Waals surface area (Å²) in [5.41, 5.74) is 1.48. The Morgan fingerprint density at radius 2 is 1.72 bits per heavy atom. The van der Waals surface area contributed by atoms with Gasteiger partial charge in [-0.2, -0.15) is 0 Å². The van der Waals surface area contributed by atoms with Gasteiger partial charge in [0.25, 0.3) is 5.91 Å². The van der Waals surface area contributed by atoms with Crippen molar-refractivity contribution >= 4 is 44.6 Å². The number of rotatable bonds is 9. The molecule has 12 heteroatoms. The molecule has 7 nitrogen and oxygen atoms in total. The first-order valence-electron chi connectivity index (χ1n) is 10.6. The predicted molar refractivity (Wildman–Crippen MR) is 133 cm³/mol. The second-order valence-corrected chi connectivity index (χ2v) is 10.2. The molecule has 3 rings (SSSR count). The minimum atomic E-state index is -3.78. The van der Waals surface area contributed by atoms with Crippen LogP contribution in [0.5, 0.6) is 0 Å². The molecular weight excluding hydrogens is 519 g/mol. The number of carbonyl (C=O) groups is 1. The van der Waals surface area contributed by atoms with Crippen LogP contribution in [0.4, 0.5) is 30.2 Å². The maximum absolute atomic E-state index is 15.3. The Labute approximate surface area is 211 Å². The van der Waals surface area contributed by atoms with Crippen molar-refractivity contribution in [1.29, 1.82) is 0 Å². The Bertz CT molecular complexity index is 1420. The van der Waals surface area contributed by atoms with Crippen LogP contribution in [0.2, 0.25) is 5.02 Å². The highest BCUT2D eigenvalue weighted by molar-refractivity contribution is 7.92. The number of amides is 1. The summed E-state index contributed by atoms with van der Waals surface area (Å²) in [6.07, 6.45) is -0.477. The van der Waals surface area contributed by atoms with Gasteiger partial charge in [0.2, 0.25) is 10.0 Å². The third-order valence-electron chi connectivity index (χ3n) is 5.21. The van der Waals surface area contributed by atoms with Gasteiger partial charge in [-0.25, -0.2) is 27.1 Å². The summed E-state index contributed by atoms with van der Waals surface area (Å²) in [5.74, 6) is -4.85. The van der Waals surface area contributed by atoms with Crippen LogP contribution in [0.15, 0.2) is 42.5 Å². The zero-order valence-corrected chi connectivity index (χ0v) is 21.1. The van der Waals surface area contributed by atoms with E-state index in [0.29, 0.717) is 0 Å². The Morgan fingerprint density at radius 3 is 2.36 bits per heavy atom. The Kier molecular flexibility index (Phi) is 8.49. The average Bonchev–Trinajstić information content (AvgIpc) is 2.82. The van der Waals surface area contributed by atoms with Gasteiger partial charge >= 0.3 is 0 Å². The van der Waals surface area contributed by atoms with Gasteiger partial charge in [0.05, 0.1) is 40.5 Å². The van der Waals surface area contributed by atoms with Gasteiger partial charge in [-0.15, -0.1) is 0 Å². The zero-order valence-electron chi connectivity index (χ0n) is 19.5. The molecule has 0 heterocycles. The van der Waals surface area contributed by atoms with Crippen molar-refractivity contribution in [2.75, 3.05) is 22.9 Å². The lowest BCUT2D eigenvalue weighted by Gasteiger charge is -2.17. The molecule has 3 N–H and O–H groups in total. The molecular formula is C24H23ClF3N3O4S. The van der Waals surface area contributed by atoms with Crippen molar-refractivity contribution in [3.05, 3.63) is 87.2 Å². The fraction of sp³-hybridized carbons (Fsp3) is 0.208. The van der Waals surface area contributed by atoms with Crippen LogP contribution in [-0.2, 0) is 21.3 Å². The predicted octanol–water partition coefficient (Wildman–Crippen LogP) is 5.45. The second kappa shape index (κ2) is 11.2. The van der Waals surface area contributed by atoms with Crippen molar-refractivity contribution in [2.24, 2.45) is 0 Å². The maximum Gasteiger partial charge on any atom is 0.277 e. The molecule has 1 amide bonds. The molecule has 0 unspecified atom stereocenters. The number of benzene rings is 3. The van der Waals surface area contributed by atoms with Crippen molar-refractivity contribution < 1.29 is 31.2 Å². The first-order chi connectivity index (χ1) is 17.0. The molecule has 0 fully saturated rings. The van der Waals surface area contributed by atoms with Crippen LogP contribution in [0.1, 0.15) is 34.0 Å². The minimum absolute atomic E-state index is 0.120. The van der Waals surface area contributed by atoms with Crippen LogP contribution >= 0.6 is 11.6 Å². The van der Waals surface area contributed by atoms with Gasteiger partial charge in [-0.05, 0) is 54.8 Å². The zero-order chi connectivity index (χ0) is 26.6. The van der Waals surface area contributed by atoms with Gasteiger partial charge in [-0.3, -0.25) is 14.4 Å². The lowest BCUT2D eigenvalue weighted by atomic mass is 9.99. The molecule has 0 radical (unpaired) electrons. The van der Waals surface area contributed by atoms with Gasteiger partial charge < -0.3 is 5.32 Å². The van der Waals surface area contributed by atoms with E-state index >= 15 is 13.2 Å². The topological polar surface area (TPSA) is 96.5 Å². The summed E-state index contributed by atoms with van der Waals surface area (Å²) >= 11 is 6.20. The Hall–Kier alpha value is -3.28. The lowest BCUT2D eigenvalue weighted by Crippen LogP contribution is -2.24. The van der Waals surface area contributed by atoms with E-state index in [1.807, 2.05) is 0 Å². The standard InChI is InChI=1S/C24H23ClF3N3O4S/c1-4-36(33,34)31-19-7-5-6-14(20(19)26)11-15-12-16(24(32)30-35-3)23(22(28)21(15)27)29-18-9-8-13(2)10-17(18)25/h5-10,12,29,31H,4,11H2,1-3H3,(H,30,32). The Balaban J connectivity index is 2.08. The SMILES string of the molecule is CCS(=O)(=O)Nc1cccc(Cc2cc(C(=O)NOC)c(Nc3ccc(C)cc3Cl)c(F)c2F)c1F. The summed E-state index contributed by atoms with van der Waals surface area (Å²) < 4.78 is 71.2. The third-order valence-corrected chi connectivity index (χ3v) is 6.81. The number of nitrogens with one attached hydrogen (secondary N) is 3. The molecule has 0 atom stereocenters. The Morgan fingerprint density at radius 1 is 1.00 bits per heavy atom. The molecule has 0 saturated heterocycles. The number of sulfonamides is 1. The summed E-state index contributed by atoms with van der Waals surface area (Å²) in [5, 5.41) is 2.86. The fourth-order valence-corrected chi connectivity index (χ4v) is 4.27. The summed E-state index contributed by atoms with van der Waals surface area (Å²) in [6, 6.07) is 9.76. The highest BCUT2D eigenvalue weighted by atomic mass is 35.5. The number of hydroxylamine groups is 1. The highest BCUT2D eigenvalue weighted by Gasteiger charge is 2.25. The number of aryl methyl sites for hydroxylation is 1. The maximum atomic E-state index is 15.3. The van der Waals surface area contributed by atoms with Crippen molar-refractivity contribution in [2.45, 2.75) is 20.3 Å². The summed E-state index contributed by atoms with van der Waals surface area (Å²) in [7, 11) is -2.61. The quantitative estimate of drug-likeness (QED) is 0.313. The van der Waals surface area contributed by atoms with E-state index in [-0.39, 0.29) is 38.8 Å². The van der Waals surface area contributed by atoms with Gasteiger partial charge in [-0.1, -0.05) is 29.8 Å². The largest absolute Gasteiger partial charge is 0.351 e. The van der Waals surface area contributed by atoms with Gasteiger partial charge in [0.1, 0.15) is 0 Å².